The summed E-state index contributed by atoms with van der Waals surface area (Å²) in [4.78, 5) is 12.6. The fourth-order valence-corrected chi connectivity index (χ4v) is 1.87. The number of nitrogens with zero attached hydrogens (tertiary/aromatic N) is 2. The van der Waals surface area contributed by atoms with Crippen LogP contribution < -0.4 is 4.90 Å². The third-order valence-electron chi connectivity index (χ3n) is 2.77. The normalized spacial score (nSPS) is 12.1. The SMILES string of the molecule is Cc1ccc(N(C)CC(C)C#N)c(/C=C/C(=O)O)c1. The zero-order valence-electron chi connectivity index (χ0n) is 11.4. The minimum atomic E-state index is -0.972. The quantitative estimate of drug-likeness (QED) is 0.825. The molecular weight excluding hydrogens is 240 g/mol. The van der Waals surface area contributed by atoms with E-state index in [0.29, 0.717) is 6.54 Å². The van der Waals surface area contributed by atoms with Gasteiger partial charge >= 0.3 is 5.97 Å². The molecule has 0 saturated heterocycles. The van der Waals surface area contributed by atoms with Crippen molar-refractivity contribution in [2.75, 3.05) is 18.5 Å². The smallest absolute Gasteiger partial charge is 0.328 e. The standard InChI is InChI=1S/C15H18N2O2/c1-11-4-6-14(17(3)10-12(2)9-16)13(8-11)5-7-15(18)19/h4-8,12H,10H2,1-3H3,(H,18,19)/b7-5+. The lowest BCUT2D eigenvalue weighted by Crippen LogP contribution is -2.23. The number of carbonyl (C=O) groups is 1. The molecule has 0 aliphatic carbocycles. The summed E-state index contributed by atoms with van der Waals surface area (Å²) in [7, 11) is 1.90. The number of hydrogen-bond donors (Lipinski definition) is 1. The number of aliphatic carboxylic acids is 1. The van der Waals surface area contributed by atoms with E-state index in [2.05, 4.69) is 6.07 Å². The Labute approximate surface area is 113 Å². The lowest BCUT2D eigenvalue weighted by Gasteiger charge is -2.22. The first-order chi connectivity index (χ1) is 8.93. The van der Waals surface area contributed by atoms with Gasteiger partial charge < -0.3 is 10.0 Å². The first-order valence-corrected chi connectivity index (χ1v) is 6.06. The average molecular weight is 258 g/mol. The predicted molar refractivity (Wildman–Crippen MR) is 75.9 cm³/mol. The minimum Gasteiger partial charge on any atom is -0.478 e. The van der Waals surface area contributed by atoms with Gasteiger partial charge in [-0.05, 0) is 37.6 Å². The number of carboxylic acids is 1. The number of nitriles is 1. The highest BCUT2D eigenvalue weighted by molar-refractivity contribution is 5.87. The second-order valence-corrected chi connectivity index (χ2v) is 4.64. The van der Waals surface area contributed by atoms with E-state index in [4.69, 9.17) is 10.4 Å². The number of rotatable bonds is 5. The number of carboxylic acid groups (broad SMARTS) is 1. The summed E-state index contributed by atoms with van der Waals surface area (Å²) in [6, 6.07) is 8.04. The van der Waals surface area contributed by atoms with Crippen molar-refractivity contribution in [2.45, 2.75) is 13.8 Å². The Balaban J connectivity index is 3.06. The lowest BCUT2D eigenvalue weighted by molar-refractivity contribution is -0.131. The van der Waals surface area contributed by atoms with Crippen LogP contribution in [0.1, 0.15) is 18.1 Å². The summed E-state index contributed by atoms with van der Waals surface area (Å²) in [5.41, 5.74) is 2.83. The van der Waals surface area contributed by atoms with Crippen molar-refractivity contribution in [1.82, 2.24) is 0 Å². The van der Waals surface area contributed by atoms with Crippen LogP contribution in [0.25, 0.3) is 6.08 Å². The third-order valence-corrected chi connectivity index (χ3v) is 2.77. The largest absolute Gasteiger partial charge is 0.478 e. The van der Waals surface area contributed by atoms with E-state index in [0.717, 1.165) is 22.9 Å². The van der Waals surface area contributed by atoms with Crippen LogP contribution in [-0.2, 0) is 4.79 Å². The van der Waals surface area contributed by atoms with Gasteiger partial charge in [-0.2, -0.15) is 5.26 Å². The zero-order valence-corrected chi connectivity index (χ0v) is 11.4. The molecule has 0 fully saturated rings. The Bertz CT molecular complexity index is 529. The first-order valence-electron chi connectivity index (χ1n) is 6.06. The molecule has 0 aliphatic rings. The van der Waals surface area contributed by atoms with Crippen LogP contribution in [0.4, 0.5) is 5.69 Å². The van der Waals surface area contributed by atoms with Gasteiger partial charge in [-0.25, -0.2) is 4.79 Å². The van der Waals surface area contributed by atoms with E-state index in [1.165, 1.54) is 0 Å². The van der Waals surface area contributed by atoms with Crippen LogP contribution in [0.2, 0.25) is 0 Å². The van der Waals surface area contributed by atoms with Gasteiger partial charge in [0.25, 0.3) is 0 Å². The second-order valence-electron chi connectivity index (χ2n) is 4.64. The molecule has 1 rings (SSSR count). The zero-order chi connectivity index (χ0) is 14.4. The molecule has 0 radical (unpaired) electrons. The van der Waals surface area contributed by atoms with E-state index >= 15 is 0 Å². The summed E-state index contributed by atoms with van der Waals surface area (Å²) in [6.45, 7) is 4.42. The Morgan fingerprint density at radius 1 is 1.58 bits per heavy atom. The Morgan fingerprint density at radius 3 is 2.84 bits per heavy atom. The van der Waals surface area contributed by atoms with Gasteiger partial charge in [0.2, 0.25) is 0 Å². The fraction of sp³-hybridized carbons (Fsp3) is 0.333. The molecule has 0 aliphatic heterocycles. The van der Waals surface area contributed by atoms with Crippen molar-refractivity contribution in [2.24, 2.45) is 5.92 Å². The molecule has 0 amide bonds. The summed E-state index contributed by atoms with van der Waals surface area (Å²) >= 11 is 0. The number of hydrogen-bond acceptors (Lipinski definition) is 3. The highest BCUT2D eigenvalue weighted by Crippen LogP contribution is 2.23. The molecule has 100 valence electrons. The van der Waals surface area contributed by atoms with Gasteiger partial charge in [-0.15, -0.1) is 0 Å². The van der Waals surface area contributed by atoms with Crippen LogP contribution in [0.3, 0.4) is 0 Å². The molecule has 0 aromatic heterocycles. The number of anilines is 1. The lowest BCUT2D eigenvalue weighted by atomic mass is 10.1. The molecule has 1 atom stereocenters. The van der Waals surface area contributed by atoms with Crippen molar-refractivity contribution in [3.8, 4) is 6.07 Å². The van der Waals surface area contributed by atoms with Crippen LogP contribution >= 0.6 is 0 Å². The maximum absolute atomic E-state index is 10.6. The minimum absolute atomic E-state index is 0.0809. The van der Waals surface area contributed by atoms with E-state index in [9.17, 15) is 4.79 Å². The van der Waals surface area contributed by atoms with Crippen molar-refractivity contribution < 1.29 is 9.90 Å². The molecule has 4 heteroatoms. The van der Waals surface area contributed by atoms with Gasteiger partial charge in [-0.1, -0.05) is 11.6 Å². The number of benzene rings is 1. The molecule has 1 unspecified atom stereocenters. The van der Waals surface area contributed by atoms with E-state index < -0.39 is 5.97 Å². The summed E-state index contributed by atoms with van der Waals surface area (Å²) in [5, 5.41) is 17.6. The van der Waals surface area contributed by atoms with Gasteiger partial charge in [0.15, 0.2) is 0 Å². The summed E-state index contributed by atoms with van der Waals surface area (Å²) in [5.74, 6) is -1.05. The molecular formula is C15H18N2O2. The molecule has 1 aromatic rings. The fourth-order valence-electron chi connectivity index (χ4n) is 1.87. The maximum atomic E-state index is 10.6. The van der Waals surface area contributed by atoms with Crippen molar-refractivity contribution in [3.05, 3.63) is 35.4 Å². The highest BCUT2D eigenvalue weighted by Gasteiger charge is 2.09. The van der Waals surface area contributed by atoms with Crippen molar-refractivity contribution in [3.63, 3.8) is 0 Å². The molecule has 1 N–H and O–H groups in total. The van der Waals surface area contributed by atoms with Crippen LogP contribution in [0, 0.1) is 24.2 Å². The van der Waals surface area contributed by atoms with Gasteiger partial charge in [-0.3, -0.25) is 0 Å². The van der Waals surface area contributed by atoms with Crippen LogP contribution in [-0.4, -0.2) is 24.7 Å². The maximum Gasteiger partial charge on any atom is 0.328 e. The Kier molecular flexibility index (Phi) is 5.13. The predicted octanol–water partition coefficient (Wildman–Crippen LogP) is 2.69. The monoisotopic (exact) mass is 258 g/mol. The van der Waals surface area contributed by atoms with Gasteiger partial charge in [0.05, 0.1) is 12.0 Å². The molecule has 1 aromatic carbocycles. The highest BCUT2D eigenvalue weighted by atomic mass is 16.4. The van der Waals surface area contributed by atoms with Crippen LogP contribution in [0.5, 0.6) is 0 Å². The molecule has 0 spiro atoms. The summed E-state index contributed by atoms with van der Waals surface area (Å²) < 4.78 is 0. The molecule has 0 heterocycles. The molecule has 19 heavy (non-hydrogen) atoms. The van der Waals surface area contributed by atoms with Crippen molar-refractivity contribution in [1.29, 1.82) is 5.26 Å². The molecule has 4 nitrogen and oxygen atoms in total. The average Bonchev–Trinajstić information content (AvgIpc) is 2.36. The van der Waals surface area contributed by atoms with Gasteiger partial charge in [0, 0.05) is 25.4 Å². The molecule has 0 bridgehead atoms. The Morgan fingerprint density at radius 2 is 2.26 bits per heavy atom. The molecule has 0 saturated carbocycles. The van der Waals surface area contributed by atoms with Gasteiger partial charge in [0.1, 0.15) is 0 Å². The number of aryl methyl sites for hydroxylation is 1. The Hall–Kier alpha value is -2.28. The second kappa shape index (κ2) is 6.60. The van der Waals surface area contributed by atoms with E-state index in [1.54, 1.807) is 6.08 Å². The van der Waals surface area contributed by atoms with Crippen molar-refractivity contribution >= 4 is 17.7 Å². The third kappa shape index (κ3) is 4.47. The topological polar surface area (TPSA) is 64.3 Å². The summed E-state index contributed by atoms with van der Waals surface area (Å²) in [6.07, 6.45) is 2.71. The van der Waals surface area contributed by atoms with Crippen LogP contribution in [0.15, 0.2) is 24.3 Å². The first kappa shape index (κ1) is 14.8. The van der Waals surface area contributed by atoms with E-state index in [1.807, 2.05) is 44.0 Å². The van der Waals surface area contributed by atoms with E-state index in [-0.39, 0.29) is 5.92 Å².